The average molecular weight is 350 g/mol. The van der Waals surface area contributed by atoms with Gasteiger partial charge in [-0.1, -0.05) is 66.7 Å². The van der Waals surface area contributed by atoms with E-state index < -0.39 is 7.19 Å². The molecule has 0 aliphatic carbocycles. The molecule has 1 aliphatic rings. The van der Waals surface area contributed by atoms with Crippen LogP contribution in [0.15, 0.2) is 97.0 Å². The minimum Gasteiger partial charge on any atom is -0.529 e. The van der Waals surface area contributed by atoms with Crippen LogP contribution in [0.5, 0.6) is 0 Å². The molecule has 0 radical (unpaired) electrons. The Bertz CT molecular complexity index is 1210. The zero-order valence-electron chi connectivity index (χ0n) is 14.6. The van der Waals surface area contributed by atoms with Crippen LogP contribution in [0.25, 0.3) is 32.9 Å². The zero-order valence-corrected chi connectivity index (χ0v) is 14.6. The minimum absolute atomic E-state index is 0.555. The molecule has 0 saturated carbocycles. The number of allylic oxidation sites excluding steroid dienone is 2. The first kappa shape index (κ1) is 15.9. The summed E-state index contributed by atoms with van der Waals surface area (Å²) in [6.45, 7) is 0. The van der Waals surface area contributed by atoms with Crippen LogP contribution in [0.2, 0.25) is 0 Å². The Morgan fingerprint density at radius 3 is 2.07 bits per heavy atom. The molecular weight excluding hydrogens is 334 g/mol. The molecule has 0 aromatic heterocycles. The van der Waals surface area contributed by atoms with Crippen LogP contribution >= 0.6 is 0 Å². The van der Waals surface area contributed by atoms with E-state index in [0.717, 1.165) is 22.1 Å². The summed E-state index contributed by atoms with van der Waals surface area (Å²) in [5.41, 5.74) is 2.69. The number of fused-ring (bicyclic) bond motifs is 2. The first-order valence-electron chi connectivity index (χ1n) is 8.99. The van der Waals surface area contributed by atoms with Crippen molar-refractivity contribution < 1.29 is 8.97 Å². The van der Waals surface area contributed by atoms with Gasteiger partial charge in [0, 0.05) is 5.56 Å². The molecule has 27 heavy (non-hydrogen) atoms. The Morgan fingerprint density at radius 1 is 0.630 bits per heavy atom. The summed E-state index contributed by atoms with van der Waals surface area (Å²) in [5, 5.41) is 4.74. The van der Waals surface area contributed by atoms with E-state index in [1.807, 2.05) is 54.6 Å². The van der Waals surface area contributed by atoms with Crippen LogP contribution < -0.4 is 0 Å². The molecule has 0 N–H and O–H groups in total. The lowest BCUT2D eigenvalue weighted by molar-refractivity contribution is 0.476. The SMILES string of the molecule is FB1C=C(c2ccc3cc4ccccc4cc3c2)C=C(c2ccccc2)O1. The van der Waals surface area contributed by atoms with E-state index in [1.165, 1.54) is 22.1 Å². The molecule has 3 heteroatoms. The second-order valence-electron chi connectivity index (χ2n) is 6.73. The Morgan fingerprint density at radius 2 is 1.30 bits per heavy atom. The van der Waals surface area contributed by atoms with Crippen molar-refractivity contribution in [2.24, 2.45) is 0 Å². The highest BCUT2D eigenvalue weighted by molar-refractivity contribution is 6.53. The Balaban J connectivity index is 1.61. The van der Waals surface area contributed by atoms with Gasteiger partial charge < -0.3 is 4.65 Å². The molecule has 0 atom stereocenters. The molecule has 4 aromatic carbocycles. The topological polar surface area (TPSA) is 9.23 Å². The van der Waals surface area contributed by atoms with Gasteiger partial charge >= 0.3 is 7.19 Å². The van der Waals surface area contributed by atoms with Crippen molar-refractivity contribution in [3.05, 3.63) is 108 Å². The van der Waals surface area contributed by atoms with E-state index in [2.05, 4.69) is 36.4 Å². The van der Waals surface area contributed by atoms with Crippen molar-refractivity contribution in [2.75, 3.05) is 0 Å². The maximum atomic E-state index is 14.2. The highest BCUT2D eigenvalue weighted by Gasteiger charge is 2.23. The fourth-order valence-corrected chi connectivity index (χ4v) is 3.57. The Kier molecular flexibility index (Phi) is 3.79. The van der Waals surface area contributed by atoms with Crippen molar-refractivity contribution >= 4 is 40.1 Å². The number of hydrogen-bond acceptors (Lipinski definition) is 1. The highest BCUT2D eigenvalue weighted by atomic mass is 19.1. The lowest BCUT2D eigenvalue weighted by atomic mass is 9.84. The fourth-order valence-electron chi connectivity index (χ4n) is 3.57. The first-order chi connectivity index (χ1) is 13.3. The monoisotopic (exact) mass is 350 g/mol. The van der Waals surface area contributed by atoms with E-state index in [-0.39, 0.29) is 0 Å². The second kappa shape index (κ2) is 6.44. The summed E-state index contributed by atoms with van der Waals surface area (Å²) in [6.07, 6.45) is 1.91. The van der Waals surface area contributed by atoms with Gasteiger partial charge in [-0.25, -0.2) is 0 Å². The van der Waals surface area contributed by atoms with Gasteiger partial charge in [-0.05, 0) is 62.9 Å². The summed E-state index contributed by atoms with van der Waals surface area (Å²) in [5.74, 6) is 2.08. The van der Waals surface area contributed by atoms with Gasteiger partial charge in [-0.2, -0.15) is 0 Å². The van der Waals surface area contributed by atoms with Crippen molar-refractivity contribution in [1.29, 1.82) is 0 Å². The summed E-state index contributed by atoms with van der Waals surface area (Å²) < 4.78 is 19.6. The van der Waals surface area contributed by atoms with Crippen molar-refractivity contribution in [3.63, 3.8) is 0 Å². The predicted octanol–water partition coefficient (Wildman–Crippen LogP) is 6.44. The summed E-state index contributed by atoms with van der Waals surface area (Å²) in [6, 6.07) is 28.6. The number of hydrogen-bond donors (Lipinski definition) is 0. The Hall–Kier alpha value is -3.33. The average Bonchev–Trinajstić information content (AvgIpc) is 2.72. The Labute approximate surface area is 157 Å². The van der Waals surface area contributed by atoms with Crippen LogP contribution in [0.4, 0.5) is 4.32 Å². The molecule has 5 rings (SSSR count). The molecule has 0 spiro atoms. The maximum absolute atomic E-state index is 14.2. The first-order valence-corrected chi connectivity index (χ1v) is 8.99. The van der Waals surface area contributed by atoms with Crippen LogP contribution in [-0.2, 0) is 4.65 Å². The van der Waals surface area contributed by atoms with Crippen LogP contribution in [-0.4, -0.2) is 7.19 Å². The normalized spacial score (nSPS) is 14.0. The van der Waals surface area contributed by atoms with Crippen molar-refractivity contribution in [2.45, 2.75) is 0 Å². The highest BCUT2D eigenvalue weighted by Crippen LogP contribution is 2.31. The molecule has 1 aliphatic heterocycles. The second-order valence-corrected chi connectivity index (χ2v) is 6.73. The van der Waals surface area contributed by atoms with Crippen LogP contribution in [0.3, 0.4) is 0 Å². The third-order valence-corrected chi connectivity index (χ3v) is 4.93. The molecular formula is C24H16BFO. The molecule has 0 bridgehead atoms. The van der Waals surface area contributed by atoms with Gasteiger partial charge in [0.2, 0.25) is 0 Å². The summed E-state index contributed by atoms with van der Waals surface area (Å²) >= 11 is 0. The number of halogens is 1. The maximum Gasteiger partial charge on any atom is 0.594 e. The van der Waals surface area contributed by atoms with E-state index in [0.29, 0.717) is 5.76 Å². The van der Waals surface area contributed by atoms with E-state index in [4.69, 9.17) is 4.65 Å². The fraction of sp³-hybridized carbons (Fsp3) is 0. The summed E-state index contributed by atoms with van der Waals surface area (Å²) in [4.78, 5) is 0. The quantitative estimate of drug-likeness (QED) is 0.298. The standard InChI is InChI=1S/C24H16BFO/c26-25-16-23(15-24(27-25)17-6-2-1-3-7-17)21-11-10-20-12-18-8-4-5-9-19(18)13-22(20)14-21/h1-16H. The van der Waals surface area contributed by atoms with Gasteiger partial charge in [0.1, 0.15) is 5.76 Å². The van der Waals surface area contributed by atoms with E-state index in [1.54, 1.807) is 0 Å². The third-order valence-electron chi connectivity index (χ3n) is 4.93. The number of benzene rings is 4. The lowest BCUT2D eigenvalue weighted by Crippen LogP contribution is -2.13. The van der Waals surface area contributed by atoms with Gasteiger partial charge in [0.05, 0.1) is 0 Å². The largest absolute Gasteiger partial charge is 0.594 e. The molecule has 0 unspecified atom stereocenters. The van der Waals surface area contributed by atoms with Crippen LogP contribution in [0, 0.1) is 0 Å². The summed E-state index contributed by atoms with van der Waals surface area (Å²) in [7, 11) is -1.45. The zero-order chi connectivity index (χ0) is 18.2. The predicted molar refractivity (Wildman–Crippen MR) is 112 cm³/mol. The van der Waals surface area contributed by atoms with Gasteiger partial charge in [0.25, 0.3) is 0 Å². The van der Waals surface area contributed by atoms with Crippen molar-refractivity contribution in [3.8, 4) is 0 Å². The molecule has 0 amide bonds. The molecule has 1 heterocycles. The third kappa shape index (κ3) is 3.02. The number of rotatable bonds is 2. The molecule has 4 aromatic rings. The van der Waals surface area contributed by atoms with Crippen molar-refractivity contribution in [1.82, 2.24) is 0 Å². The van der Waals surface area contributed by atoms with Crippen LogP contribution in [0.1, 0.15) is 11.1 Å². The molecule has 1 nitrogen and oxygen atoms in total. The lowest BCUT2D eigenvalue weighted by Gasteiger charge is -2.18. The van der Waals surface area contributed by atoms with Gasteiger partial charge in [-0.3, -0.25) is 4.32 Å². The van der Waals surface area contributed by atoms with E-state index >= 15 is 0 Å². The van der Waals surface area contributed by atoms with E-state index in [9.17, 15) is 4.32 Å². The minimum atomic E-state index is -1.45. The molecule has 0 fully saturated rings. The van der Waals surface area contributed by atoms with Gasteiger partial charge in [-0.15, -0.1) is 0 Å². The smallest absolute Gasteiger partial charge is 0.529 e. The molecule has 128 valence electrons. The van der Waals surface area contributed by atoms with Gasteiger partial charge in [0.15, 0.2) is 0 Å². The molecule has 0 saturated heterocycles.